The molecule has 2 aromatic rings. The minimum Gasteiger partial charge on any atom is -0.352 e. The highest BCUT2D eigenvalue weighted by molar-refractivity contribution is 5.93. The third-order valence-electron chi connectivity index (χ3n) is 4.46. The van der Waals surface area contributed by atoms with Crippen LogP contribution in [0.3, 0.4) is 0 Å². The molecule has 2 N–H and O–H groups in total. The summed E-state index contributed by atoms with van der Waals surface area (Å²) in [5.74, 6) is 0.118. The Hall–Kier alpha value is -2.50. The summed E-state index contributed by atoms with van der Waals surface area (Å²) >= 11 is 0. The predicted molar refractivity (Wildman–Crippen MR) is 95.0 cm³/mol. The Morgan fingerprint density at radius 2 is 1.76 bits per heavy atom. The number of anilines is 1. The quantitative estimate of drug-likeness (QED) is 0.845. The monoisotopic (exact) mass is 342 g/mol. The normalized spacial score (nSPS) is 14.9. The number of halogens is 1. The molecular formula is C19H23FN4O. The summed E-state index contributed by atoms with van der Waals surface area (Å²) in [5, 5.41) is 6.16. The summed E-state index contributed by atoms with van der Waals surface area (Å²) < 4.78 is 12.9. The van der Waals surface area contributed by atoms with Gasteiger partial charge >= 0.3 is 0 Å². The Labute approximate surface area is 147 Å². The van der Waals surface area contributed by atoms with E-state index >= 15 is 0 Å². The van der Waals surface area contributed by atoms with Crippen LogP contribution in [0.25, 0.3) is 0 Å². The molecule has 132 valence electrons. The molecule has 0 spiro atoms. The first kappa shape index (κ1) is 17.3. The zero-order valence-electron chi connectivity index (χ0n) is 14.2. The first-order valence-electron chi connectivity index (χ1n) is 8.82. The number of amides is 1. The van der Waals surface area contributed by atoms with Crippen LogP contribution < -0.4 is 10.6 Å². The summed E-state index contributed by atoms with van der Waals surface area (Å²) in [6, 6.07) is 6.71. The lowest BCUT2D eigenvalue weighted by Gasteiger charge is -2.22. The van der Waals surface area contributed by atoms with E-state index in [9.17, 15) is 9.18 Å². The zero-order chi connectivity index (χ0) is 17.5. The summed E-state index contributed by atoms with van der Waals surface area (Å²) in [7, 11) is 0. The number of benzene rings is 1. The number of carbonyl (C=O) groups excluding carboxylic acids is 1. The van der Waals surface area contributed by atoms with Crippen molar-refractivity contribution in [2.75, 3.05) is 11.9 Å². The van der Waals surface area contributed by atoms with E-state index in [1.165, 1.54) is 31.4 Å². The molecule has 1 aliphatic carbocycles. The largest absolute Gasteiger partial charge is 0.352 e. The molecule has 0 aliphatic heterocycles. The average Bonchev–Trinajstić information content (AvgIpc) is 2.65. The van der Waals surface area contributed by atoms with Gasteiger partial charge in [-0.1, -0.05) is 31.4 Å². The molecule has 1 aromatic carbocycles. The Kier molecular flexibility index (Phi) is 5.93. The van der Waals surface area contributed by atoms with Crippen molar-refractivity contribution in [3.63, 3.8) is 0 Å². The highest BCUT2D eigenvalue weighted by atomic mass is 19.1. The van der Waals surface area contributed by atoms with E-state index in [2.05, 4.69) is 20.6 Å². The lowest BCUT2D eigenvalue weighted by Crippen LogP contribution is -2.26. The standard InChI is InChI=1S/C19H23FN4O/c20-16-8-6-14(7-9-16)10-11-21-18(25)15-12-22-19(23-13-15)24-17-4-2-1-3-5-17/h6-9,12-13,17H,1-5,10-11H2,(H,21,25)(H,22,23,24). The molecule has 1 amide bonds. The van der Waals surface area contributed by atoms with Crippen LogP contribution in [0.5, 0.6) is 0 Å². The lowest BCUT2D eigenvalue weighted by molar-refractivity contribution is 0.0953. The molecule has 0 atom stereocenters. The zero-order valence-corrected chi connectivity index (χ0v) is 14.2. The summed E-state index contributed by atoms with van der Waals surface area (Å²) in [6.45, 7) is 0.479. The molecule has 1 fully saturated rings. The van der Waals surface area contributed by atoms with E-state index in [4.69, 9.17) is 0 Å². The number of nitrogens with one attached hydrogen (secondary N) is 2. The van der Waals surface area contributed by atoms with Crippen molar-refractivity contribution < 1.29 is 9.18 Å². The highest BCUT2D eigenvalue weighted by Crippen LogP contribution is 2.19. The minimum atomic E-state index is -0.258. The Morgan fingerprint density at radius 3 is 2.44 bits per heavy atom. The van der Waals surface area contributed by atoms with E-state index in [-0.39, 0.29) is 11.7 Å². The number of aromatic nitrogens is 2. The van der Waals surface area contributed by atoms with Crippen LogP contribution in [0.15, 0.2) is 36.7 Å². The predicted octanol–water partition coefficient (Wildman–Crippen LogP) is 3.33. The third-order valence-corrected chi connectivity index (χ3v) is 4.46. The summed E-state index contributed by atoms with van der Waals surface area (Å²) in [6.07, 6.45) is 9.82. The number of carbonyl (C=O) groups is 1. The fraction of sp³-hybridized carbons (Fsp3) is 0.421. The van der Waals surface area contributed by atoms with Crippen LogP contribution in [0.2, 0.25) is 0 Å². The SMILES string of the molecule is O=C(NCCc1ccc(F)cc1)c1cnc(NC2CCCCC2)nc1. The van der Waals surface area contributed by atoms with Crippen LogP contribution in [0.1, 0.15) is 48.0 Å². The average molecular weight is 342 g/mol. The minimum absolute atomic E-state index is 0.202. The van der Waals surface area contributed by atoms with E-state index in [1.807, 2.05) is 0 Å². The molecule has 25 heavy (non-hydrogen) atoms. The molecular weight excluding hydrogens is 319 g/mol. The number of hydrogen-bond donors (Lipinski definition) is 2. The van der Waals surface area contributed by atoms with Crippen molar-refractivity contribution in [2.45, 2.75) is 44.6 Å². The highest BCUT2D eigenvalue weighted by Gasteiger charge is 2.14. The molecule has 1 aromatic heterocycles. The van der Waals surface area contributed by atoms with Crippen LogP contribution in [0, 0.1) is 5.82 Å². The molecule has 0 saturated heterocycles. The molecule has 3 rings (SSSR count). The van der Waals surface area contributed by atoms with E-state index in [1.54, 1.807) is 24.5 Å². The van der Waals surface area contributed by atoms with Gasteiger partial charge in [0.25, 0.3) is 5.91 Å². The van der Waals surface area contributed by atoms with Crippen LogP contribution >= 0.6 is 0 Å². The summed E-state index contributed by atoms with van der Waals surface area (Å²) in [4.78, 5) is 20.6. The maximum absolute atomic E-state index is 12.9. The lowest BCUT2D eigenvalue weighted by atomic mass is 9.96. The Bertz CT molecular complexity index is 682. The van der Waals surface area contributed by atoms with Crippen molar-refractivity contribution in [2.24, 2.45) is 0 Å². The number of rotatable bonds is 6. The van der Waals surface area contributed by atoms with Gasteiger partial charge in [0.15, 0.2) is 0 Å². The first-order chi connectivity index (χ1) is 12.2. The van der Waals surface area contributed by atoms with Crippen molar-refractivity contribution in [3.05, 3.63) is 53.6 Å². The Balaban J connectivity index is 1.46. The van der Waals surface area contributed by atoms with Gasteiger partial charge in [-0.25, -0.2) is 14.4 Å². The fourth-order valence-corrected chi connectivity index (χ4v) is 3.02. The maximum Gasteiger partial charge on any atom is 0.254 e. The smallest absolute Gasteiger partial charge is 0.254 e. The first-order valence-corrected chi connectivity index (χ1v) is 8.82. The molecule has 1 heterocycles. The molecule has 1 aliphatic rings. The topological polar surface area (TPSA) is 66.9 Å². The third kappa shape index (κ3) is 5.24. The van der Waals surface area contributed by atoms with Gasteiger partial charge in [-0.15, -0.1) is 0 Å². The van der Waals surface area contributed by atoms with Gasteiger partial charge in [-0.2, -0.15) is 0 Å². The maximum atomic E-state index is 12.9. The van der Waals surface area contributed by atoms with E-state index in [0.717, 1.165) is 18.4 Å². The molecule has 0 bridgehead atoms. The molecule has 1 saturated carbocycles. The number of nitrogens with zero attached hydrogens (tertiary/aromatic N) is 2. The van der Waals surface area contributed by atoms with E-state index in [0.29, 0.717) is 30.5 Å². The van der Waals surface area contributed by atoms with Crippen molar-refractivity contribution in [3.8, 4) is 0 Å². The van der Waals surface area contributed by atoms with Gasteiger partial charge in [0.2, 0.25) is 5.95 Å². The van der Waals surface area contributed by atoms with Crippen LogP contribution in [-0.2, 0) is 6.42 Å². The van der Waals surface area contributed by atoms with Gasteiger partial charge in [0.1, 0.15) is 5.82 Å². The van der Waals surface area contributed by atoms with E-state index < -0.39 is 0 Å². The molecule has 5 nitrogen and oxygen atoms in total. The van der Waals surface area contributed by atoms with Gasteiger partial charge in [-0.05, 0) is 37.0 Å². The second-order valence-corrected chi connectivity index (χ2v) is 6.41. The fourth-order valence-electron chi connectivity index (χ4n) is 3.02. The second-order valence-electron chi connectivity index (χ2n) is 6.41. The van der Waals surface area contributed by atoms with Crippen molar-refractivity contribution in [1.82, 2.24) is 15.3 Å². The van der Waals surface area contributed by atoms with Crippen molar-refractivity contribution >= 4 is 11.9 Å². The van der Waals surface area contributed by atoms with Crippen molar-refractivity contribution in [1.29, 1.82) is 0 Å². The van der Waals surface area contributed by atoms with Crippen LogP contribution in [0.4, 0.5) is 10.3 Å². The Morgan fingerprint density at radius 1 is 1.08 bits per heavy atom. The van der Waals surface area contributed by atoms with Gasteiger partial charge in [0, 0.05) is 25.0 Å². The van der Waals surface area contributed by atoms with Gasteiger partial charge in [0.05, 0.1) is 5.56 Å². The molecule has 0 radical (unpaired) electrons. The molecule has 0 unspecified atom stereocenters. The van der Waals surface area contributed by atoms with Crippen LogP contribution in [-0.4, -0.2) is 28.5 Å². The van der Waals surface area contributed by atoms with Gasteiger partial charge < -0.3 is 10.6 Å². The molecule has 6 heteroatoms. The number of hydrogen-bond acceptors (Lipinski definition) is 4. The summed E-state index contributed by atoms with van der Waals surface area (Å²) in [5.41, 5.74) is 1.42. The van der Waals surface area contributed by atoms with Gasteiger partial charge in [-0.3, -0.25) is 4.79 Å². The second kappa shape index (κ2) is 8.55.